The van der Waals surface area contributed by atoms with Gasteiger partial charge in [-0.25, -0.2) is 0 Å². The van der Waals surface area contributed by atoms with Gasteiger partial charge in [0.25, 0.3) is 0 Å². The highest BCUT2D eigenvalue weighted by Gasteiger charge is 2.54. The summed E-state index contributed by atoms with van der Waals surface area (Å²) in [7, 11) is -2.99. The van der Waals surface area contributed by atoms with Gasteiger partial charge in [0.2, 0.25) is 13.4 Å². The van der Waals surface area contributed by atoms with Crippen LogP contribution in [-0.2, 0) is 0 Å². The van der Waals surface area contributed by atoms with Gasteiger partial charge in [-0.15, -0.1) is 0 Å². The summed E-state index contributed by atoms with van der Waals surface area (Å²) in [5.74, 6) is 0. The molecule has 0 radical (unpaired) electrons. The minimum atomic E-state index is -2.99. The minimum absolute atomic E-state index is 0.175. The second-order valence-electron chi connectivity index (χ2n) is 18.6. The number of anilines is 6. The SMILES string of the molecule is c1ccc2c(c1)Sc1cc(N3c4ccccc4[Si]4(c5ccccc53)c3ccccc3N(c3ccc5c(c3)B3c6ccccc6Sc6cccc(c63)S5)c3ccccc34)cc3c1B2c1ccccc1S3. The molecule has 10 aromatic rings. The van der Waals surface area contributed by atoms with Gasteiger partial charge < -0.3 is 9.80 Å². The molecule has 0 aliphatic carbocycles. The Kier molecular flexibility index (Phi) is 8.44. The average Bonchev–Trinajstić information content (AvgIpc) is 3.40. The molecule has 0 bridgehead atoms. The summed E-state index contributed by atoms with van der Waals surface area (Å²) in [4.78, 5) is 16.0. The van der Waals surface area contributed by atoms with Gasteiger partial charge in [0.1, 0.15) is 0 Å². The summed E-state index contributed by atoms with van der Waals surface area (Å²) < 4.78 is 0. The monoisotopic (exact) mass is 962 g/mol. The highest BCUT2D eigenvalue weighted by molar-refractivity contribution is 8.02. The highest BCUT2D eigenvalue weighted by Crippen LogP contribution is 2.48. The summed E-state index contributed by atoms with van der Waals surface area (Å²) in [6.07, 6.45) is 0. The van der Waals surface area contributed by atoms with E-state index in [0.717, 1.165) is 0 Å². The maximum Gasteiger partial charge on any atom is 0.247 e. The lowest BCUT2D eigenvalue weighted by Gasteiger charge is -2.50. The summed E-state index contributed by atoms with van der Waals surface area (Å²) in [5.41, 5.74) is 16.0. The predicted molar refractivity (Wildman–Crippen MR) is 298 cm³/mol. The Balaban J connectivity index is 0.897. The van der Waals surface area contributed by atoms with E-state index in [2.05, 4.69) is 228 Å². The van der Waals surface area contributed by atoms with E-state index in [9.17, 15) is 0 Å². The van der Waals surface area contributed by atoms with Crippen LogP contribution in [0.1, 0.15) is 0 Å². The van der Waals surface area contributed by atoms with Crippen molar-refractivity contribution in [3.05, 3.63) is 218 Å². The van der Waals surface area contributed by atoms with Gasteiger partial charge in [-0.1, -0.05) is 202 Å². The summed E-state index contributed by atoms with van der Waals surface area (Å²) in [5, 5.41) is 5.69. The summed E-state index contributed by atoms with van der Waals surface area (Å²) in [6.45, 7) is 0.391. The zero-order valence-electron chi connectivity index (χ0n) is 37.0. The molecule has 16 rings (SSSR count). The molecule has 6 heterocycles. The second kappa shape index (κ2) is 14.8. The number of benzene rings is 10. The molecule has 1 spiro atoms. The molecule has 320 valence electrons. The van der Waals surface area contributed by atoms with Crippen molar-refractivity contribution < 1.29 is 0 Å². The van der Waals surface area contributed by atoms with Crippen LogP contribution in [0.25, 0.3) is 0 Å². The van der Waals surface area contributed by atoms with Crippen LogP contribution in [0.5, 0.6) is 0 Å². The first-order valence-corrected chi connectivity index (χ1v) is 28.9. The van der Waals surface area contributed by atoms with Crippen LogP contribution in [0.4, 0.5) is 34.1 Å². The van der Waals surface area contributed by atoms with Crippen LogP contribution in [0.15, 0.2) is 258 Å². The number of hydrogen-bond acceptors (Lipinski definition) is 6. The van der Waals surface area contributed by atoms with Crippen molar-refractivity contribution in [1.82, 2.24) is 0 Å². The zero-order valence-corrected chi connectivity index (χ0v) is 41.2. The van der Waals surface area contributed by atoms with Crippen molar-refractivity contribution in [2.45, 2.75) is 39.2 Å². The molecule has 0 unspecified atom stereocenters. The van der Waals surface area contributed by atoms with Crippen LogP contribution >= 0.6 is 47.0 Å². The van der Waals surface area contributed by atoms with E-state index in [1.807, 2.05) is 47.0 Å². The third-order valence-electron chi connectivity index (χ3n) is 15.3. The van der Waals surface area contributed by atoms with E-state index >= 15 is 0 Å². The Bertz CT molecular complexity index is 3710. The van der Waals surface area contributed by atoms with Crippen LogP contribution in [0, 0.1) is 0 Å². The third-order valence-corrected chi connectivity index (χ3v) is 24.8. The van der Waals surface area contributed by atoms with Gasteiger partial charge in [-0.3, -0.25) is 0 Å². The van der Waals surface area contributed by atoms with Crippen molar-refractivity contribution in [2.75, 3.05) is 9.80 Å². The molecular formula is C60H36B2N2S4Si. The van der Waals surface area contributed by atoms with E-state index in [1.165, 1.54) is 127 Å². The Morgan fingerprint density at radius 1 is 0.275 bits per heavy atom. The molecule has 69 heavy (non-hydrogen) atoms. The number of fused-ring (bicyclic) bond motifs is 16. The molecule has 0 N–H and O–H groups in total. The van der Waals surface area contributed by atoms with E-state index in [1.54, 1.807) is 0 Å². The Hall–Kier alpha value is -6.45. The Morgan fingerprint density at radius 3 is 1.10 bits per heavy atom. The van der Waals surface area contributed by atoms with Gasteiger partial charge in [0.05, 0.1) is 0 Å². The summed E-state index contributed by atoms with van der Waals surface area (Å²) >= 11 is 7.71. The van der Waals surface area contributed by atoms with Crippen LogP contribution in [0.2, 0.25) is 0 Å². The number of para-hydroxylation sites is 4. The van der Waals surface area contributed by atoms with Crippen molar-refractivity contribution >= 4 is 156 Å². The maximum atomic E-state index is 2.60. The molecule has 0 fully saturated rings. The van der Waals surface area contributed by atoms with E-state index < -0.39 is 8.07 Å². The average molecular weight is 963 g/mol. The molecule has 0 saturated carbocycles. The quantitative estimate of drug-likeness (QED) is 0.158. The molecule has 0 saturated heterocycles. The lowest BCUT2D eigenvalue weighted by Crippen LogP contribution is -2.79. The van der Waals surface area contributed by atoms with E-state index in [4.69, 9.17) is 0 Å². The zero-order chi connectivity index (χ0) is 45.0. The molecule has 9 heteroatoms. The third kappa shape index (κ3) is 5.37. The second-order valence-corrected chi connectivity index (χ2v) is 26.6. The van der Waals surface area contributed by atoms with E-state index in [-0.39, 0.29) is 13.4 Å². The number of hydrogen-bond donors (Lipinski definition) is 0. The topological polar surface area (TPSA) is 6.48 Å². The molecule has 0 amide bonds. The van der Waals surface area contributed by atoms with Crippen molar-refractivity contribution in [3.8, 4) is 0 Å². The fraction of sp³-hybridized carbons (Fsp3) is 0. The van der Waals surface area contributed by atoms with Crippen molar-refractivity contribution in [2.24, 2.45) is 0 Å². The molecular weight excluding hydrogens is 927 g/mol. The molecule has 0 aromatic heterocycles. The normalized spacial score (nSPS) is 15.3. The molecule has 0 atom stereocenters. The lowest BCUT2D eigenvalue weighted by molar-refractivity contribution is 1.23. The fourth-order valence-corrected chi connectivity index (χ4v) is 23.0. The summed E-state index contributed by atoms with van der Waals surface area (Å²) in [6, 6.07) is 83.9. The van der Waals surface area contributed by atoms with Crippen LogP contribution in [-0.4, -0.2) is 21.5 Å². The Labute approximate surface area is 420 Å². The van der Waals surface area contributed by atoms with Crippen molar-refractivity contribution in [1.29, 1.82) is 0 Å². The van der Waals surface area contributed by atoms with E-state index in [0.29, 0.717) is 0 Å². The minimum Gasteiger partial charge on any atom is -0.311 e. The van der Waals surface area contributed by atoms with Gasteiger partial charge in [-0.2, -0.15) is 0 Å². The van der Waals surface area contributed by atoms with Crippen molar-refractivity contribution in [3.63, 3.8) is 0 Å². The first-order chi connectivity index (χ1) is 34.2. The smallest absolute Gasteiger partial charge is 0.247 e. The number of rotatable bonds is 2. The maximum absolute atomic E-state index is 2.99. The lowest BCUT2D eigenvalue weighted by atomic mass is 9.36. The predicted octanol–water partition coefficient (Wildman–Crippen LogP) is 9.52. The van der Waals surface area contributed by atoms with Gasteiger partial charge in [-0.05, 0) is 117 Å². The van der Waals surface area contributed by atoms with Gasteiger partial charge >= 0.3 is 0 Å². The first-order valence-electron chi connectivity index (χ1n) is 23.6. The standard InChI is InChI=1S/C60H36B2N2S4Si/c1-9-24-48-39(16-1)61-40-17-2-10-25-49(40)68-54-36-38(35-53(67-48)60(54)61)64-45-21-6-13-30-57(45)69(58-31-14-7-22-46(58)64)55-28-11-4-19-43(55)63(44-20-5-12-29-56(44)69)37-32-33-50-42(34-37)62-41-18-3-8-23-47(41)65-51-26-15-27-52(66-50)59(51)62/h1-36H. The molecule has 2 nitrogen and oxygen atoms in total. The highest BCUT2D eigenvalue weighted by atomic mass is 32.2. The van der Waals surface area contributed by atoms with Crippen LogP contribution in [0.3, 0.4) is 0 Å². The molecule has 10 aromatic carbocycles. The molecule has 6 aliphatic rings. The first kappa shape index (κ1) is 39.4. The van der Waals surface area contributed by atoms with Gasteiger partial charge in [0.15, 0.2) is 8.07 Å². The molecule has 6 aliphatic heterocycles. The number of nitrogens with zero attached hydrogens (tertiary/aromatic N) is 2. The Morgan fingerprint density at radius 2 is 0.623 bits per heavy atom. The fourth-order valence-electron chi connectivity index (χ4n) is 12.6. The van der Waals surface area contributed by atoms with Crippen LogP contribution < -0.4 is 63.3 Å². The largest absolute Gasteiger partial charge is 0.311 e. The van der Waals surface area contributed by atoms with Gasteiger partial charge in [0, 0.05) is 73.3 Å².